The molecule has 1 N–H and O–H groups in total. The minimum Gasteiger partial charge on any atom is -0.466 e. The average Bonchev–Trinajstić information content (AvgIpc) is 2.48. The van der Waals surface area contributed by atoms with Crippen molar-refractivity contribution >= 4 is 5.97 Å². The van der Waals surface area contributed by atoms with Crippen LogP contribution in [0.25, 0.3) is 0 Å². The van der Waals surface area contributed by atoms with Crippen molar-refractivity contribution in [3.05, 3.63) is 22.9 Å². The molecule has 0 saturated heterocycles. The Labute approximate surface area is 128 Å². The van der Waals surface area contributed by atoms with Crippen LogP contribution in [0.5, 0.6) is 0 Å². The van der Waals surface area contributed by atoms with Crippen LogP contribution >= 0.6 is 0 Å². The van der Waals surface area contributed by atoms with E-state index >= 15 is 0 Å². The van der Waals surface area contributed by atoms with E-state index in [0.717, 1.165) is 43.5 Å². The number of carbonyl (C=O) groups excluding carboxylic acids is 1. The summed E-state index contributed by atoms with van der Waals surface area (Å²) in [5.41, 5.74) is 3.73. The van der Waals surface area contributed by atoms with Gasteiger partial charge in [-0.1, -0.05) is 25.5 Å². The molecule has 0 aliphatic heterocycles. The molecule has 0 amide bonds. The van der Waals surface area contributed by atoms with Crippen LogP contribution in [-0.2, 0) is 9.53 Å². The molecule has 2 rings (SSSR count). The quantitative estimate of drug-likeness (QED) is 0.612. The first-order valence-electron chi connectivity index (χ1n) is 8.24. The first kappa shape index (κ1) is 16.1. The number of esters is 1. The third-order valence-electron chi connectivity index (χ3n) is 4.67. The molecule has 2 aliphatic rings. The van der Waals surface area contributed by atoms with Crippen LogP contribution in [0, 0.1) is 5.41 Å². The van der Waals surface area contributed by atoms with Crippen LogP contribution in [0.1, 0.15) is 65.2 Å². The number of hydrogen-bond donors (Lipinski definition) is 1. The van der Waals surface area contributed by atoms with Crippen molar-refractivity contribution in [2.45, 2.75) is 65.2 Å². The van der Waals surface area contributed by atoms with Crippen molar-refractivity contribution in [3.63, 3.8) is 0 Å². The summed E-state index contributed by atoms with van der Waals surface area (Å²) >= 11 is 0. The van der Waals surface area contributed by atoms with Crippen molar-refractivity contribution in [2.24, 2.45) is 5.41 Å². The lowest BCUT2D eigenvalue weighted by molar-refractivity contribution is -0.136. The van der Waals surface area contributed by atoms with Crippen LogP contribution in [-0.4, -0.2) is 19.6 Å². The number of hydrogen-bond acceptors (Lipinski definition) is 3. The van der Waals surface area contributed by atoms with Gasteiger partial charge in [-0.15, -0.1) is 0 Å². The molecular formula is C18H29NO2. The minimum atomic E-state index is -0.165. The first-order valence-corrected chi connectivity index (χ1v) is 8.24. The fraction of sp³-hybridized carbons (Fsp3) is 0.722. The van der Waals surface area contributed by atoms with Gasteiger partial charge in [-0.3, -0.25) is 0 Å². The van der Waals surface area contributed by atoms with E-state index in [1.807, 2.05) is 0 Å². The standard InChI is InChI=1S/C18H29NO2/c1-18(2)11-9-16(15(13-18)17(20)21-3)19-12-10-14-7-5-4-6-8-14/h7,19H,4-6,8-13H2,1-3H3. The van der Waals surface area contributed by atoms with Gasteiger partial charge in [0.2, 0.25) is 0 Å². The molecule has 0 spiro atoms. The second-order valence-electron chi connectivity index (χ2n) is 7.07. The highest BCUT2D eigenvalue weighted by Gasteiger charge is 2.30. The SMILES string of the molecule is COC(=O)C1=C(NCCC2=CCCCC2)CCC(C)(C)C1. The van der Waals surface area contributed by atoms with Crippen LogP contribution in [0.2, 0.25) is 0 Å². The van der Waals surface area contributed by atoms with Crippen LogP contribution in [0.4, 0.5) is 0 Å². The molecule has 0 saturated carbocycles. The van der Waals surface area contributed by atoms with Gasteiger partial charge in [-0.05, 0) is 56.8 Å². The Hall–Kier alpha value is -1.25. The number of nitrogens with one attached hydrogen (secondary N) is 1. The smallest absolute Gasteiger partial charge is 0.335 e. The Morgan fingerprint density at radius 1 is 1.33 bits per heavy atom. The zero-order chi connectivity index (χ0) is 15.3. The van der Waals surface area contributed by atoms with Gasteiger partial charge in [0, 0.05) is 12.2 Å². The largest absolute Gasteiger partial charge is 0.466 e. The highest BCUT2D eigenvalue weighted by molar-refractivity contribution is 5.89. The topological polar surface area (TPSA) is 38.3 Å². The van der Waals surface area contributed by atoms with Crippen molar-refractivity contribution in [1.29, 1.82) is 0 Å². The second kappa shape index (κ2) is 7.15. The average molecular weight is 291 g/mol. The molecule has 3 nitrogen and oxygen atoms in total. The highest BCUT2D eigenvalue weighted by atomic mass is 16.5. The Morgan fingerprint density at radius 2 is 2.14 bits per heavy atom. The van der Waals surface area contributed by atoms with Gasteiger partial charge in [0.25, 0.3) is 0 Å². The summed E-state index contributed by atoms with van der Waals surface area (Å²) in [7, 11) is 1.47. The second-order valence-corrected chi connectivity index (χ2v) is 7.07. The Bertz CT molecular complexity index is 446. The van der Waals surface area contributed by atoms with Gasteiger partial charge < -0.3 is 10.1 Å². The van der Waals surface area contributed by atoms with Gasteiger partial charge in [0.1, 0.15) is 0 Å². The summed E-state index contributed by atoms with van der Waals surface area (Å²) in [6, 6.07) is 0. The van der Waals surface area contributed by atoms with Crippen molar-refractivity contribution in [3.8, 4) is 0 Å². The molecule has 118 valence electrons. The van der Waals surface area contributed by atoms with Gasteiger partial charge >= 0.3 is 5.97 Å². The maximum Gasteiger partial charge on any atom is 0.335 e. The zero-order valence-electron chi connectivity index (χ0n) is 13.8. The molecule has 0 aromatic rings. The van der Waals surface area contributed by atoms with E-state index in [-0.39, 0.29) is 11.4 Å². The fourth-order valence-corrected chi connectivity index (χ4v) is 3.31. The summed E-state index contributed by atoms with van der Waals surface area (Å²) in [5.74, 6) is -0.165. The Balaban J connectivity index is 1.96. The van der Waals surface area contributed by atoms with Crippen molar-refractivity contribution in [2.75, 3.05) is 13.7 Å². The number of carbonyl (C=O) groups is 1. The molecule has 0 bridgehead atoms. The molecule has 3 heteroatoms. The van der Waals surface area contributed by atoms with Gasteiger partial charge in [0.15, 0.2) is 0 Å². The Kier molecular flexibility index (Phi) is 5.49. The first-order chi connectivity index (χ1) is 10.0. The summed E-state index contributed by atoms with van der Waals surface area (Å²) in [6.07, 6.45) is 11.5. The zero-order valence-corrected chi connectivity index (χ0v) is 13.8. The molecule has 0 fully saturated rings. The van der Waals surface area contributed by atoms with E-state index in [9.17, 15) is 4.79 Å². The van der Waals surface area contributed by atoms with E-state index in [2.05, 4.69) is 25.2 Å². The molecule has 0 unspecified atom stereocenters. The number of methoxy groups -OCH3 is 1. The van der Waals surface area contributed by atoms with E-state index in [0.29, 0.717) is 0 Å². The molecule has 0 radical (unpaired) electrons. The molecule has 0 aromatic heterocycles. The maximum atomic E-state index is 12.0. The van der Waals surface area contributed by atoms with Gasteiger partial charge in [-0.2, -0.15) is 0 Å². The number of ether oxygens (including phenoxy) is 1. The normalized spacial score (nSPS) is 21.8. The van der Waals surface area contributed by atoms with Crippen molar-refractivity contribution in [1.82, 2.24) is 5.32 Å². The van der Waals surface area contributed by atoms with E-state index in [4.69, 9.17) is 4.74 Å². The monoisotopic (exact) mass is 291 g/mol. The van der Waals surface area contributed by atoms with E-state index in [1.54, 1.807) is 5.57 Å². The van der Waals surface area contributed by atoms with Crippen LogP contribution in [0.3, 0.4) is 0 Å². The maximum absolute atomic E-state index is 12.0. The summed E-state index contributed by atoms with van der Waals surface area (Å²) in [5, 5.41) is 3.51. The third kappa shape index (κ3) is 4.62. The van der Waals surface area contributed by atoms with Crippen LogP contribution in [0.15, 0.2) is 22.9 Å². The van der Waals surface area contributed by atoms with Crippen LogP contribution < -0.4 is 5.32 Å². The molecule has 2 aliphatic carbocycles. The number of rotatable bonds is 5. The summed E-state index contributed by atoms with van der Waals surface area (Å²) in [6.45, 7) is 5.38. The van der Waals surface area contributed by atoms with Crippen molar-refractivity contribution < 1.29 is 9.53 Å². The summed E-state index contributed by atoms with van der Waals surface area (Å²) in [4.78, 5) is 12.0. The predicted molar refractivity (Wildman–Crippen MR) is 85.8 cm³/mol. The lowest BCUT2D eigenvalue weighted by atomic mass is 9.76. The third-order valence-corrected chi connectivity index (χ3v) is 4.67. The molecule has 0 aromatic carbocycles. The summed E-state index contributed by atoms with van der Waals surface area (Å²) < 4.78 is 4.96. The van der Waals surface area contributed by atoms with Gasteiger partial charge in [0.05, 0.1) is 12.7 Å². The molecule has 0 heterocycles. The van der Waals surface area contributed by atoms with E-state index < -0.39 is 0 Å². The Morgan fingerprint density at radius 3 is 2.81 bits per heavy atom. The molecular weight excluding hydrogens is 262 g/mol. The minimum absolute atomic E-state index is 0.165. The highest BCUT2D eigenvalue weighted by Crippen LogP contribution is 2.38. The lowest BCUT2D eigenvalue weighted by Crippen LogP contribution is -2.29. The fourth-order valence-electron chi connectivity index (χ4n) is 3.31. The molecule has 21 heavy (non-hydrogen) atoms. The van der Waals surface area contributed by atoms with Gasteiger partial charge in [-0.25, -0.2) is 4.79 Å². The number of allylic oxidation sites excluding steroid dienone is 2. The molecule has 0 atom stereocenters. The lowest BCUT2D eigenvalue weighted by Gasteiger charge is -2.32. The van der Waals surface area contributed by atoms with E-state index in [1.165, 1.54) is 32.8 Å². The predicted octanol–water partition coefficient (Wildman–Crippen LogP) is 4.10.